The summed E-state index contributed by atoms with van der Waals surface area (Å²) >= 11 is 1.34. The maximum atomic E-state index is 12.1. The molecule has 2 aliphatic carbocycles. The molecule has 4 N–H and O–H groups in total. The largest absolute Gasteiger partial charge is 0.454 e. The van der Waals surface area contributed by atoms with Gasteiger partial charge in [0, 0.05) is 10.8 Å². The number of carbonyl (C=O) groups excluding carboxylic acids is 4. The molecule has 3 rings (SSSR count). The molecule has 0 bridgehead atoms. The smallest absolute Gasteiger partial charge is 0.325 e. The highest BCUT2D eigenvalue weighted by atomic mass is 32.1. The fourth-order valence-electron chi connectivity index (χ4n) is 3.78. The van der Waals surface area contributed by atoms with Crippen molar-refractivity contribution in [3.05, 3.63) is 16.0 Å². The number of primary amides is 1. The van der Waals surface area contributed by atoms with E-state index in [2.05, 4.69) is 10.6 Å². The van der Waals surface area contributed by atoms with Crippen LogP contribution in [-0.2, 0) is 32.0 Å². The highest BCUT2D eigenvalue weighted by Crippen LogP contribution is 2.38. The predicted molar refractivity (Wildman–Crippen MR) is 104 cm³/mol. The van der Waals surface area contributed by atoms with E-state index in [4.69, 9.17) is 10.5 Å². The van der Waals surface area contributed by atoms with Crippen LogP contribution in [-0.4, -0.2) is 36.8 Å². The van der Waals surface area contributed by atoms with Crippen LogP contribution >= 0.6 is 11.3 Å². The summed E-state index contributed by atoms with van der Waals surface area (Å²) in [5, 5.41) is 5.59. The molecular weight excluding hydrogens is 382 g/mol. The fourth-order valence-corrected chi connectivity index (χ4v) is 5.09. The number of hydrogen-bond donors (Lipinski definition) is 3. The van der Waals surface area contributed by atoms with Crippen molar-refractivity contribution < 1.29 is 23.9 Å². The molecule has 1 fully saturated rings. The maximum absolute atomic E-state index is 12.1. The molecule has 0 spiro atoms. The number of ether oxygens (including phenoxy) is 1. The van der Waals surface area contributed by atoms with Gasteiger partial charge in [0.2, 0.25) is 5.91 Å². The van der Waals surface area contributed by atoms with Gasteiger partial charge in [0.25, 0.3) is 11.8 Å². The molecule has 0 saturated heterocycles. The number of amides is 3. The van der Waals surface area contributed by atoms with Gasteiger partial charge in [-0.05, 0) is 37.7 Å². The molecule has 1 aromatic rings. The van der Waals surface area contributed by atoms with Crippen LogP contribution in [0.15, 0.2) is 0 Å². The second-order valence-electron chi connectivity index (χ2n) is 7.19. The van der Waals surface area contributed by atoms with E-state index in [1.807, 2.05) is 0 Å². The molecule has 3 amide bonds. The number of fused-ring (bicyclic) bond motifs is 1. The Bertz CT molecular complexity index is 783. The normalized spacial score (nSPS) is 16.3. The third-order valence-electron chi connectivity index (χ3n) is 5.17. The molecule has 0 aromatic carbocycles. The molecule has 1 saturated carbocycles. The molecule has 0 atom stereocenters. The van der Waals surface area contributed by atoms with Gasteiger partial charge in [-0.3, -0.25) is 19.2 Å². The molecule has 0 unspecified atom stereocenters. The molecule has 152 valence electrons. The maximum Gasteiger partial charge on any atom is 0.325 e. The quantitative estimate of drug-likeness (QED) is 0.591. The lowest BCUT2D eigenvalue weighted by Gasteiger charge is -2.20. The Kier molecular flexibility index (Phi) is 6.66. The van der Waals surface area contributed by atoms with Crippen LogP contribution in [0.2, 0.25) is 0 Å². The van der Waals surface area contributed by atoms with Crippen molar-refractivity contribution >= 4 is 40.0 Å². The van der Waals surface area contributed by atoms with Crippen molar-refractivity contribution in [2.75, 3.05) is 18.5 Å². The number of aryl methyl sites for hydroxylation is 1. The first kappa shape index (κ1) is 20.3. The minimum atomic E-state index is -0.678. The van der Waals surface area contributed by atoms with Crippen LogP contribution in [0.1, 0.15) is 59.3 Å². The third kappa shape index (κ3) is 4.89. The topological polar surface area (TPSA) is 128 Å². The van der Waals surface area contributed by atoms with Gasteiger partial charge in [-0.2, -0.15) is 0 Å². The van der Waals surface area contributed by atoms with Crippen molar-refractivity contribution in [2.45, 2.75) is 51.4 Å². The van der Waals surface area contributed by atoms with E-state index in [0.29, 0.717) is 10.6 Å². The molecule has 1 heterocycles. The van der Waals surface area contributed by atoms with Crippen LogP contribution in [0.3, 0.4) is 0 Å². The number of anilines is 1. The van der Waals surface area contributed by atoms with Crippen LogP contribution in [0.25, 0.3) is 0 Å². The SMILES string of the molecule is NC(=O)c1c(NC(=O)COC(=O)CNC(=O)C2CCCCC2)sc2c1CCC2. The van der Waals surface area contributed by atoms with E-state index in [1.165, 1.54) is 11.3 Å². The number of esters is 1. The zero-order valence-corrected chi connectivity index (χ0v) is 16.5. The molecule has 9 heteroatoms. The fraction of sp³-hybridized carbons (Fsp3) is 0.579. The summed E-state index contributed by atoms with van der Waals surface area (Å²) in [6.07, 6.45) is 7.50. The van der Waals surface area contributed by atoms with Crippen LogP contribution in [0.5, 0.6) is 0 Å². The summed E-state index contributed by atoms with van der Waals surface area (Å²) in [5.41, 5.74) is 6.72. The van der Waals surface area contributed by atoms with Crippen molar-refractivity contribution in [2.24, 2.45) is 11.7 Å². The average Bonchev–Trinajstić information content (AvgIpc) is 3.25. The first-order chi connectivity index (χ1) is 13.5. The molecule has 2 aliphatic rings. The monoisotopic (exact) mass is 407 g/mol. The molecule has 28 heavy (non-hydrogen) atoms. The number of nitrogens with one attached hydrogen (secondary N) is 2. The highest BCUT2D eigenvalue weighted by molar-refractivity contribution is 7.17. The van der Waals surface area contributed by atoms with Crippen LogP contribution in [0, 0.1) is 5.92 Å². The summed E-state index contributed by atoms with van der Waals surface area (Å²) in [6, 6.07) is 0. The second-order valence-corrected chi connectivity index (χ2v) is 8.29. The van der Waals surface area contributed by atoms with Crippen molar-refractivity contribution in [3.8, 4) is 0 Å². The molecule has 1 aromatic heterocycles. The second kappa shape index (κ2) is 9.18. The Hall–Kier alpha value is -2.42. The van der Waals surface area contributed by atoms with Crippen LogP contribution in [0.4, 0.5) is 5.00 Å². The Morgan fingerprint density at radius 1 is 1.07 bits per heavy atom. The van der Waals surface area contributed by atoms with Gasteiger partial charge in [0.1, 0.15) is 11.5 Å². The Morgan fingerprint density at radius 3 is 2.54 bits per heavy atom. The number of hydrogen-bond acceptors (Lipinski definition) is 6. The first-order valence-electron chi connectivity index (χ1n) is 9.63. The van der Waals surface area contributed by atoms with Gasteiger partial charge in [-0.1, -0.05) is 19.3 Å². The number of carbonyl (C=O) groups is 4. The van der Waals surface area contributed by atoms with E-state index < -0.39 is 24.4 Å². The van der Waals surface area contributed by atoms with Gasteiger partial charge < -0.3 is 21.1 Å². The number of thiophene rings is 1. The summed E-state index contributed by atoms with van der Waals surface area (Å²) in [6.45, 7) is -0.749. The third-order valence-corrected chi connectivity index (χ3v) is 6.38. The molecule has 8 nitrogen and oxygen atoms in total. The Balaban J connectivity index is 1.44. The Morgan fingerprint density at radius 2 is 1.82 bits per heavy atom. The zero-order valence-electron chi connectivity index (χ0n) is 15.7. The summed E-state index contributed by atoms with van der Waals surface area (Å²) in [7, 11) is 0. The lowest BCUT2D eigenvalue weighted by molar-refractivity contribution is -0.147. The van der Waals surface area contributed by atoms with Gasteiger partial charge >= 0.3 is 5.97 Å². The Labute approximate surface area is 167 Å². The van der Waals surface area contributed by atoms with E-state index in [1.54, 1.807) is 0 Å². The standard InChI is InChI=1S/C19H25N3O5S/c20-17(25)16-12-7-4-8-13(12)28-19(16)22-14(23)10-27-15(24)9-21-18(26)11-5-2-1-3-6-11/h11H,1-10H2,(H2,20,25)(H,21,26)(H,22,23). The van der Waals surface area contributed by atoms with Gasteiger partial charge in [0.15, 0.2) is 6.61 Å². The number of rotatable bonds is 7. The number of nitrogens with two attached hydrogens (primary N) is 1. The molecule has 0 aliphatic heterocycles. The van der Waals surface area contributed by atoms with E-state index in [-0.39, 0.29) is 18.4 Å². The predicted octanol–water partition coefficient (Wildman–Crippen LogP) is 1.51. The molecule has 0 radical (unpaired) electrons. The zero-order chi connectivity index (χ0) is 20.1. The highest BCUT2D eigenvalue weighted by Gasteiger charge is 2.26. The van der Waals surface area contributed by atoms with E-state index >= 15 is 0 Å². The summed E-state index contributed by atoms with van der Waals surface area (Å²) in [5.74, 6) is -1.98. The average molecular weight is 407 g/mol. The molecular formula is C19H25N3O5S. The van der Waals surface area contributed by atoms with E-state index in [0.717, 1.165) is 61.8 Å². The van der Waals surface area contributed by atoms with Crippen molar-refractivity contribution in [3.63, 3.8) is 0 Å². The van der Waals surface area contributed by atoms with Gasteiger partial charge in [0.05, 0.1) is 5.56 Å². The van der Waals surface area contributed by atoms with Crippen molar-refractivity contribution in [1.82, 2.24) is 5.32 Å². The summed E-state index contributed by atoms with van der Waals surface area (Å²) < 4.78 is 4.91. The lowest BCUT2D eigenvalue weighted by Crippen LogP contribution is -2.36. The van der Waals surface area contributed by atoms with Crippen LogP contribution < -0.4 is 16.4 Å². The van der Waals surface area contributed by atoms with Crippen molar-refractivity contribution in [1.29, 1.82) is 0 Å². The lowest BCUT2D eigenvalue weighted by atomic mass is 9.89. The van der Waals surface area contributed by atoms with E-state index in [9.17, 15) is 19.2 Å². The summed E-state index contributed by atoms with van der Waals surface area (Å²) in [4.78, 5) is 48.7. The minimum absolute atomic E-state index is 0.0437. The minimum Gasteiger partial charge on any atom is -0.454 e. The van der Waals surface area contributed by atoms with Gasteiger partial charge in [-0.25, -0.2) is 0 Å². The first-order valence-corrected chi connectivity index (χ1v) is 10.4. The van der Waals surface area contributed by atoms with Gasteiger partial charge in [-0.15, -0.1) is 11.3 Å².